The lowest BCUT2D eigenvalue weighted by atomic mass is 10.0. The number of rotatable bonds is 2. The van der Waals surface area contributed by atoms with E-state index in [-0.39, 0.29) is 5.78 Å². The largest absolute Gasteiger partial charge is 0.488 e. The molecule has 2 aromatic carbocycles. The predicted molar refractivity (Wildman–Crippen MR) is 82.2 cm³/mol. The summed E-state index contributed by atoms with van der Waals surface area (Å²) in [7, 11) is -1.42. The molecule has 0 N–H and O–H groups in total. The van der Waals surface area contributed by atoms with Gasteiger partial charge < -0.3 is 4.74 Å². The van der Waals surface area contributed by atoms with Crippen molar-refractivity contribution in [2.75, 3.05) is 0 Å². The van der Waals surface area contributed by atoms with Gasteiger partial charge in [0.15, 0.2) is 5.78 Å². The van der Waals surface area contributed by atoms with E-state index in [2.05, 4.69) is 0 Å². The van der Waals surface area contributed by atoms with E-state index in [0.717, 1.165) is 5.56 Å². The molecular formula is C17H16O3S. The lowest BCUT2D eigenvalue weighted by Crippen LogP contribution is -2.43. The third kappa shape index (κ3) is 2.51. The first-order chi connectivity index (χ1) is 10.1. The van der Waals surface area contributed by atoms with Crippen molar-refractivity contribution in [3.63, 3.8) is 0 Å². The Bertz CT molecular complexity index is 706. The van der Waals surface area contributed by atoms with Crippen LogP contribution in [0.5, 0.6) is 5.75 Å². The molecule has 2 aromatic rings. The van der Waals surface area contributed by atoms with Gasteiger partial charge in [-0.1, -0.05) is 29.8 Å². The third-order valence-electron chi connectivity index (χ3n) is 3.63. The van der Waals surface area contributed by atoms with Crippen LogP contribution in [0.3, 0.4) is 0 Å². The molecule has 4 heteroatoms. The minimum absolute atomic E-state index is 0.108. The van der Waals surface area contributed by atoms with E-state index in [9.17, 15) is 9.00 Å². The smallest absolute Gasteiger partial charge is 0.186 e. The maximum absolute atomic E-state index is 12.8. The first-order valence-corrected chi connectivity index (χ1v) is 8.06. The molecule has 21 heavy (non-hydrogen) atoms. The van der Waals surface area contributed by atoms with Crippen LogP contribution < -0.4 is 4.74 Å². The molecule has 0 amide bonds. The Morgan fingerprint density at radius 3 is 2.43 bits per heavy atom. The van der Waals surface area contributed by atoms with E-state index in [0.29, 0.717) is 16.2 Å². The van der Waals surface area contributed by atoms with Crippen LogP contribution in [0.1, 0.15) is 22.8 Å². The maximum Gasteiger partial charge on any atom is 0.186 e. The van der Waals surface area contributed by atoms with Gasteiger partial charge in [-0.05, 0) is 38.1 Å². The monoisotopic (exact) mass is 300 g/mol. The van der Waals surface area contributed by atoms with Gasteiger partial charge in [-0.15, -0.1) is 0 Å². The van der Waals surface area contributed by atoms with Crippen LogP contribution in [0.4, 0.5) is 0 Å². The maximum atomic E-state index is 12.8. The lowest BCUT2D eigenvalue weighted by molar-refractivity contribution is 0.0883. The second kappa shape index (κ2) is 5.45. The van der Waals surface area contributed by atoms with Crippen LogP contribution in [0.25, 0.3) is 0 Å². The Morgan fingerprint density at radius 2 is 1.71 bits per heavy atom. The van der Waals surface area contributed by atoms with E-state index in [1.165, 1.54) is 0 Å². The van der Waals surface area contributed by atoms with Crippen molar-refractivity contribution in [3.05, 3.63) is 59.7 Å². The molecule has 3 nitrogen and oxygen atoms in total. The van der Waals surface area contributed by atoms with Crippen LogP contribution in [0.2, 0.25) is 0 Å². The fourth-order valence-electron chi connectivity index (χ4n) is 2.49. The summed E-state index contributed by atoms with van der Waals surface area (Å²) in [4.78, 5) is 13.3. The van der Waals surface area contributed by atoms with Crippen molar-refractivity contribution in [1.82, 2.24) is 0 Å². The van der Waals surface area contributed by atoms with Crippen LogP contribution in [-0.2, 0) is 10.8 Å². The molecule has 1 aliphatic heterocycles. The van der Waals surface area contributed by atoms with Crippen molar-refractivity contribution in [2.45, 2.75) is 30.1 Å². The number of carbonyl (C=O) groups is 1. The fourth-order valence-corrected chi connectivity index (χ4v) is 3.91. The summed E-state index contributed by atoms with van der Waals surface area (Å²) in [5.41, 5.74) is 1.61. The summed E-state index contributed by atoms with van der Waals surface area (Å²) in [5, 5.41) is -0.664. The minimum atomic E-state index is -1.42. The summed E-state index contributed by atoms with van der Waals surface area (Å²) in [5.74, 6) is 0.468. The molecule has 0 aromatic heterocycles. The van der Waals surface area contributed by atoms with Gasteiger partial charge >= 0.3 is 0 Å². The third-order valence-corrected chi connectivity index (χ3v) is 5.43. The normalized spacial score (nSPS) is 22.3. The zero-order valence-electron chi connectivity index (χ0n) is 11.9. The summed E-state index contributed by atoms with van der Waals surface area (Å²) in [6.45, 7) is 3.77. The SMILES string of the molecule is Cc1ccc([S@](=O)[C@@H]2C(=O)c3ccccc3O[C@H]2C)cc1. The Morgan fingerprint density at radius 1 is 1.05 bits per heavy atom. The number of hydrogen-bond acceptors (Lipinski definition) is 3. The second-order valence-corrected chi connectivity index (χ2v) is 6.79. The highest BCUT2D eigenvalue weighted by atomic mass is 32.2. The number of aryl methyl sites for hydroxylation is 1. The minimum Gasteiger partial charge on any atom is -0.488 e. The zero-order chi connectivity index (χ0) is 15.0. The van der Waals surface area contributed by atoms with Crippen LogP contribution in [0.15, 0.2) is 53.4 Å². The predicted octanol–water partition coefficient (Wildman–Crippen LogP) is 3.14. The van der Waals surface area contributed by atoms with Gasteiger partial charge in [0.25, 0.3) is 0 Å². The highest BCUT2D eigenvalue weighted by molar-refractivity contribution is 7.86. The van der Waals surface area contributed by atoms with Gasteiger partial charge in [0.05, 0.1) is 16.4 Å². The van der Waals surface area contributed by atoms with Crippen molar-refractivity contribution in [2.24, 2.45) is 0 Å². The highest BCUT2D eigenvalue weighted by Crippen LogP contribution is 2.31. The molecule has 0 unspecified atom stereocenters. The molecular weight excluding hydrogens is 284 g/mol. The molecule has 1 heterocycles. The number of carbonyl (C=O) groups excluding carboxylic acids is 1. The number of para-hydroxylation sites is 1. The van der Waals surface area contributed by atoms with Gasteiger partial charge in [0.2, 0.25) is 0 Å². The molecule has 0 spiro atoms. The van der Waals surface area contributed by atoms with Gasteiger partial charge in [-0.2, -0.15) is 0 Å². The number of Topliss-reactive ketones (excluding diaryl/α,β-unsaturated/α-hetero) is 1. The van der Waals surface area contributed by atoms with E-state index < -0.39 is 22.2 Å². The average molecular weight is 300 g/mol. The second-order valence-electron chi connectivity index (χ2n) is 5.21. The molecule has 0 radical (unpaired) electrons. The van der Waals surface area contributed by atoms with Gasteiger partial charge in [0.1, 0.15) is 17.1 Å². The van der Waals surface area contributed by atoms with E-state index in [1.807, 2.05) is 37.3 Å². The first kappa shape index (κ1) is 14.0. The fraction of sp³-hybridized carbons (Fsp3) is 0.235. The highest BCUT2D eigenvalue weighted by Gasteiger charge is 2.39. The Labute approximate surface area is 126 Å². The number of benzene rings is 2. The van der Waals surface area contributed by atoms with E-state index in [4.69, 9.17) is 4.74 Å². The van der Waals surface area contributed by atoms with E-state index in [1.54, 1.807) is 25.1 Å². The Kier molecular flexibility index (Phi) is 3.64. The number of ketones is 1. The number of ether oxygens (including phenoxy) is 1. The number of hydrogen-bond donors (Lipinski definition) is 0. The molecule has 0 saturated carbocycles. The first-order valence-electron chi connectivity index (χ1n) is 6.85. The Hall–Kier alpha value is -1.94. The molecule has 108 valence electrons. The van der Waals surface area contributed by atoms with Crippen molar-refractivity contribution < 1.29 is 13.7 Å². The molecule has 0 saturated heterocycles. The van der Waals surface area contributed by atoms with Crippen LogP contribution in [-0.4, -0.2) is 21.3 Å². The van der Waals surface area contributed by atoms with E-state index >= 15 is 0 Å². The van der Waals surface area contributed by atoms with Crippen molar-refractivity contribution >= 4 is 16.6 Å². The quantitative estimate of drug-likeness (QED) is 0.856. The summed E-state index contributed by atoms with van der Waals surface area (Å²) in [6.07, 6.45) is -0.408. The molecule has 0 fully saturated rings. The van der Waals surface area contributed by atoms with Gasteiger partial charge in [-0.25, -0.2) is 0 Å². The van der Waals surface area contributed by atoms with Crippen molar-refractivity contribution in [3.8, 4) is 5.75 Å². The van der Waals surface area contributed by atoms with Crippen molar-refractivity contribution in [1.29, 1.82) is 0 Å². The summed E-state index contributed by atoms with van der Waals surface area (Å²) < 4.78 is 18.5. The average Bonchev–Trinajstić information content (AvgIpc) is 2.48. The van der Waals surface area contributed by atoms with Crippen LogP contribution >= 0.6 is 0 Å². The molecule has 3 rings (SSSR count). The number of fused-ring (bicyclic) bond motifs is 1. The van der Waals surface area contributed by atoms with Gasteiger partial charge in [0, 0.05) is 4.90 Å². The molecule has 1 aliphatic rings. The molecule has 0 bridgehead atoms. The molecule has 3 atom stereocenters. The summed E-state index contributed by atoms with van der Waals surface area (Å²) in [6, 6.07) is 14.5. The molecule has 0 aliphatic carbocycles. The standard InChI is InChI=1S/C17H16O3S/c1-11-7-9-13(10-8-11)21(19)17-12(2)20-15-6-4-3-5-14(15)16(17)18/h3-10,12,17H,1-2H3/t12-,17-,21-/m0/s1. The topological polar surface area (TPSA) is 43.4 Å². The Balaban J connectivity index is 1.97. The lowest BCUT2D eigenvalue weighted by Gasteiger charge is -2.29. The van der Waals surface area contributed by atoms with Crippen LogP contribution in [0, 0.1) is 6.92 Å². The van der Waals surface area contributed by atoms with Gasteiger partial charge in [-0.3, -0.25) is 9.00 Å². The summed E-state index contributed by atoms with van der Waals surface area (Å²) >= 11 is 0. The zero-order valence-corrected chi connectivity index (χ0v) is 12.7.